The molecule has 0 radical (unpaired) electrons. The van der Waals surface area contributed by atoms with E-state index in [1.807, 2.05) is 31.2 Å². The molecule has 0 atom stereocenters. The summed E-state index contributed by atoms with van der Waals surface area (Å²) in [6, 6.07) is 7.46. The molecule has 1 aromatic rings. The molecule has 6 heteroatoms. The van der Waals surface area contributed by atoms with E-state index in [2.05, 4.69) is 26.6 Å². The zero-order valence-corrected chi connectivity index (χ0v) is 12.3. The summed E-state index contributed by atoms with van der Waals surface area (Å²) >= 11 is 3.40. The van der Waals surface area contributed by atoms with Gasteiger partial charge in [-0.05, 0) is 24.7 Å². The highest BCUT2D eigenvalue weighted by molar-refractivity contribution is 9.10. The Morgan fingerprint density at radius 3 is 3.00 bits per heavy atom. The van der Waals surface area contributed by atoms with E-state index in [1.54, 1.807) is 0 Å². The first-order valence-corrected chi connectivity index (χ1v) is 6.72. The molecule has 0 saturated carbocycles. The minimum Gasteiger partial charge on any atom is -0.483 e. The average molecular weight is 326 g/mol. The van der Waals surface area contributed by atoms with Crippen molar-refractivity contribution in [2.75, 3.05) is 19.7 Å². The van der Waals surface area contributed by atoms with Gasteiger partial charge in [0, 0.05) is 16.6 Å². The van der Waals surface area contributed by atoms with Gasteiger partial charge >= 0.3 is 0 Å². The number of ether oxygens (including phenoxy) is 1. The predicted molar refractivity (Wildman–Crippen MR) is 75.6 cm³/mol. The van der Waals surface area contributed by atoms with Crippen molar-refractivity contribution in [1.82, 2.24) is 10.6 Å². The molecule has 2 N–H and O–H groups in total. The second-order valence-electron chi connectivity index (χ2n) is 3.76. The summed E-state index contributed by atoms with van der Waals surface area (Å²) in [5, 5.41) is 14.0. The third-order valence-electron chi connectivity index (χ3n) is 2.31. The van der Waals surface area contributed by atoms with Gasteiger partial charge in [0.15, 0.2) is 6.61 Å². The number of amides is 1. The van der Waals surface area contributed by atoms with Crippen molar-refractivity contribution in [3.8, 4) is 11.8 Å². The molecule has 102 valence electrons. The lowest BCUT2D eigenvalue weighted by atomic mass is 10.2. The molecule has 1 amide bonds. The van der Waals surface area contributed by atoms with Crippen LogP contribution >= 0.6 is 15.9 Å². The Hall–Kier alpha value is -1.58. The lowest BCUT2D eigenvalue weighted by Gasteiger charge is -2.12. The van der Waals surface area contributed by atoms with Crippen molar-refractivity contribution in [1.29, 1.82) is 5.26 Å². The molecule has 0 aromatic heterocycles. The van der Waals surface area contributed by atoms with Crippen LogP contribution in [0.15, 0.2) is 22.7 Å². The third kappa shape index (κ3) is 5.73. The third-order valence-corrected chi connectivity index (χ3v) is 2.80. The highest BCUT2D eigenvalue weighted by atomic mass is 79.9. The smallest absolute Gasteiger partial charge is 0.258 e. The fraction of sp³-hybridized carbons (Fsp3) is 0.385. The summed E-state index contributed by atoms with van der Waals surface area (Å²) in [5.41, 5.74) is 0.976. The number of halogens is 1. The van der Waals surface area contributed by atoms with Crippen molar-refractivity contribution in [3.63, 3.8) is 0 Å². The van der Waals surface area contributed by atoms with Crippen molar-refractivity contribution in [2.45, 2.75) is 13.5 Å². The Kier molecular flexibility index (Phi) is 6.93. The van der Waals surface area contributed by atoms with E-state index in [1.165, 1.54) is 0 Å². The normalized spacial score (nSPS) is 9.74. The quantitative estimate of drug-likeness (QED) is 0.746. The molecule has 0 aliphatic rings. The molecular formula is C13H16BrN3O2. The summed E-state index contributed by atoms with van der Waals surface area (Å²) in [6.07, 6.45) is 0. The first-order valence-electron chi connectivity index (χ1n) is 5.93. The SMILES string of the molecule is CCNCc1cc(Br)ccc1OCC(=O)NCC#N. The molecule has 0 spiro atoms. The monoisotopic (exact) mass is 325 g/mol. The molecule has 5 nitrogen and oxygen atoms in total. The van der Waals surface area contributed by atoms with Gasteiger partial charge in [-0.2, -0.15) is 5.26 Å². The van der Waals surface area contributed by atoms with E-state index >= 15 is 0 Å². The van der Waals surface area contributed by atoms with Crippen LogP contribution in [0.5, 0.6) is 5.75 Å². The summed E-state index contributed by atoms with van der Waals surface area (Å²) in [7, 11) is 0. The highest BCUT2D eigenvalue weighted by Gasteiger charge is 2.07. The topological polar surface area (TPSA) is 74.2 Å². The summed E-state index contributed by atoms with van der Waals surface area (Å²) in [6.45, 7) is 3.45. The van der Waals surface area contributed by atoms with Crippen LogP contribution < -0.4 is 15.4 Å². The van der Waals surface area contributed by atoms with Crippen molar-refractivity contribution < 1.29 is 9.53 Å². The molecule has 0 bridgehead atoms. The predicted octanol–water partition coefficient (Wildman–Crippen LogP) is 1.58. The second kappa shape index (κ2) is 8.51. The molecule has 0 aliphatic carbocycles. The van der Waals surface area contributed by atoms with E-state index in [-0.39, 0.29) is 19.1 Å². The maximum absolute atomic E-state index is 11.4. The van der Waals surface area contributed by atoms with Crippen LogP contribution in [-0.2, 0) is 11.3 Å². The molecule has 1 aromatic carbocycles. The van der Waals surface area contributed by atoms with Crippen molar-refractivity contribution >= 4 is 21.8 Å². The van der Waals surface area contributed by atoms with E-state index in [9.17, 15) is 4.79 Å². The summed E-state index contributed by atoms with van der Waals surface area (Å²) < 4.78 is 6.43. The van der Waals surface area contributed by atoms with E-state index in [0.29, 0.717) is 12.3 Å². The molecular weight excluding hydrogens is 310 g/mol. The summed E-state index contributed by atoms with van der Waals surface area (Å²) in [4.78, 5) is 11.4. The highest BCUT2D eigenvalue weighted by Crippen LogP contribution is 2.23. The maximum Gasteiger partial charge on any atom is 0.258 e. The van der Waals surface area contributed by atoms with Crippen LogP contribution in [0.25, 0.3) is 0 Å². The lowest BCUT2D eigenvalue weighted by molar-refractivity contribution is -0.122. The van der Waals surface area contributed by atoms with Gasteiger partial charge in [0.1, 0.15) is 12.3 Å². The molecule has 1 rings (SSSR count). The van der Waals surface area contributed by atoms with Gasteiger partial charge in [-0.3, -0.25) is 4.79 Å². The number of carbonyl (C=O) groups is 1. The molecule has 0 saturated heterocycles. The molecule has 0 fully saturated rings. The van der Waals surface area contributed by atoms with Gasteiger partial charge in [-0.15, -0.1) is 0 Å². The number of nitrogens with zero attached hydrogens (tertiary/aromatic N) is 1. The average Bonchev–Trinajstić information content (AvgIpc) is 2.41. The van der Waals surface area contributed by atoms with Crippen LogP contribution in [0.2, 0.25) is 0 Å². The fourth-order valence-electron chi connectivity index (χ4n) is 1.42. The minimum absolute atomic E-state index is 0.00716. The van der Waals surface area contributed by atoms with Crippen LogP contribution in [-0.4, -0.2) is 25.6 Å². The van der Waals surface area contributed by atoms with Crippen LogP contribution in [0.3, 0.4) is 0 Å². The van der Waals surface area contributed by atoms with E-state index < -0.39 is 0 Å². The number of carbonyl (C=O) groups excluding carboxylic acids is 1. The van der Waals surface area contributed by atoms with Gasteiger partial charge in [-0.1, -0.05) is 22.9 Å². The van der Waals surface area contributed by atoms with Gasteiger partial charge in [0.25, 0.3) is 5.91 Å². The van der Waals surface area contributed by atoms with Crippen molar-refractivity contribution in [3.05, 3.63) is 28.2 Å². The molecule has 19 heavy (non-hydrogen) atoms. The molecule has 0 aliphatic heterocycles. The molecule has 0 unspecified atom stereocenters. The molecule has 0 heterocycles. The lowest BCUT2D eigenvalue weighted by Crippen LogP contribution is -2.29. The zero-order valence-electron chi connectivity index (χ0n) is 10.7. The first-order chi connectivity index (χ1) is 9.17. The van der Waals surface area contributed by atoms with Crippen molar-refractivity contribution in [2.24, 2.45) is 0 Å². The van der Waals surface area contributed by atoms with E-state index in [4.69, 9.17) is 10.00 Å². The first kappa shape index (κ1) is 15.5. The fourth-order valence-corrected chi connectivity index (χ4v) is 1.83. The van der Waals surface area contributed by atoms with Crippen LogP contribution in [0, 0.1) is 11.3 Å². The zero-order chi connectivity index (χ0) is 14.1. The van der Waals surface area contributed by atoms with Gasteiger partial charge in [0.2, 0.25) is 0 Å². The maximum atomic E-state index is 11.4. The number of benzene rings is 1. The Morgan fingerprint density at radius 1 is 1.53 bits per heavy atom. The largest absolute Gasteiger partial charge is 0.483 e. The van der Waals surface area contributed by atoms with Gasteiger partial charge in [-0.25, -0.2) is 0 Å². The summed E-state index contributed by atoms with van der Waals surface area (Å²) in [5.74, 6) is 0.357. The Balaban J connectivity index is 2.61. The number of nitrogens with one attached hydrogen (secondary N) is 2. The van der Waals surface area contributed by atoms with Gasteiger partial charge in [0.05, 0.1) is 6.07 Å². The number of hydrogen-bond acceptors (Lipinski definition) is 4. The Labute approximate surface area is 121 Å². The van der Waals surface area contributed by atoms with Crippen LogP contribution in [0.4, 0.5) is 0 Å². The Bertz CT molecular complexity index is 471. The standard InChI is InChI=1S/C13H16BrN3O2/c1-2-16-8-10-7-11(14)3-4-12(10)19-9-13(18)17-6-5-15/h3-4,7,16H,2,6,8-9H2,1H3,(H,17,18). The van der Waals surface area contributed by atoms with Gasteiger partial charge < -0.3 is 15.4 Å². The second-order valence-corrected chi connectivity index (χ2v) is 4.67. The number of hydrogen-bond donors (Lipinski definition) is 2. The number of rotatable bonds is 7. The minimum atomic E-state index is -0.307. The van der Waals surface area contributed by atoms with E-state index in [0.717, 1.165) is 16.6 Å². The Morgan fingerprint density at radius 2 is 2.32 bits per heavy atom. The number of nitriles is 1. The van der Waals surface area contributed by atoms with Crippen LogP contribution in [0.1, 0.15) is 12.5 Å².